The summed E-state index contributed by atoms with van der Waals surface area (Å²) in [6.07, 6.45) is -2.23. The van der Waals surface area contributed by atoms with Gasteiger partial charge < -0.3 is 20.1 Å². The molecule has 1 fully saturated rings. The third kappa shape index (κ3) is 3.84. The van der Waals surface area contributed by atoms with E-state index in [-0.39, 0.29) is 29.5 Å². The third-order valence-corrected chi connectivity index (χ3v) is 6.43. The molecule has 1 saturated carbocycles. The summed E-state index contributed by atoms with van der Waals surface area (Å²) in [4.78, 5) is 28.4. The van der Waals surface area contributed by atoms with Gasteiger partial charge in [-0.3, -0.25) is 9.59 Å². The van der Waals surface area contributed by atoms with Crippen molar-refractivity contribution in [3.05, 3.63) is 77.0 Å². The fraction of sp³-hybridized carbons (Fsp3) is 0.240. The van der Waals surface area contributed by atoms with Crippen molar-refractivity contribution < 1.29 is 32.2 Å². The van der Waals surface area contributed by atoms with Crippen LogP contribution in [0.25, 0.3) is 0 Å². The zero-order valence-corrected chi connectivity index (χ0v) is 18.1. The molecule has 178 valence electrons. The Kier molecular flexibility index (Phi) is 4.73. The lowest BCUT2D eigenvalue weighted by Crippen LogP contribution is -2.30. The Hall–Kier alpha value is -4.08. The highest BCUT2D eigenvalue weighted by atomic mass is 19.4. The van der Waals surface area contributed by atoms with Crippen molar-refractivity contribution in [1.82, 2.24) is 10.3 Å². The molecule has 7 nitrogen and oxygen atoms in total. The van der Waals surface area contributed by atoms with Crippen molar-refractivity contribution in [2.24, 2.45) is 0 Å². The highest BCUT2D eigenvalue weighted by Crippen LogP contribution is 2.54. The lowest BCUT2D eigenvalue weighted by molar-refractivity contribution is -0.137. The monoisotopic (exact) mass is 481 g/mol. The minimum Gasteiger partial charge on any atom is -0.487 e. The number of carbonyl (C=O) groups is 2. The van der Waals surface area contributed by atoms with Crippen molar-refractivity contribution in [2.75, 3.05) is 5.32 Å². The van der Waals surface area contributed by atoms with E-state index in [4.69, 9.17) is 9.47 Å². The molecular formula is C25H18F3N3O4. The molecule has 3 aromatic rings. The smallest absolute Gasteiger partial charge is 0.416 e. The molecule has 1 aliphatic carbocycles. The van der Waals surface area contributed by atoms with Crippen LogP contribution in [0.4, 0.5) is 19.0 Å². The number of halogens is 3. The first-order valence-electron chi connectivity index (χ1n) is 11.0. The summed E-state index contributed by atoms with van der Waals surface area (Å²) in [6, 6.07) is 11.0. The lowest BCUT2D eigenvalue weighted by atomic mass is 10.1. The molecule has 2 aliphatic heterocycles. The predicted octanol–water partition coefficient (Wildman–Crippen LogP) is 4.43. The van der Waals surface area contributed by atoms with Crippen molar-refractivity contribution in [3.63, 3.8) is 0 Å². The fourth-order valence-corrected chi connectivity index (χ4v) is 4.60. The Labute approximate surface area is 197 Å². The summed E-state index contributed by atoms with van der Waals surface area (Å²) in [5.74, 6) is 1.78. The van der Waals surface area contributed by atoms with E-state index in [1.54, 1.807) is 24.4 Å². The Bertz CT molecular complexity index is 1360. The molecule has 0 radical (unpaired) electrons. The maximum Gasteiger partial charge on any atom is 0.416 e. The van der Waals surface area contributed by atoms with Crippen molar-refractivity contribution in [3.8, 4) is 17.2 Å². The quantitative estimate of drug-likeness (QED) is 0.576. The van der Waals surface area contributed by atoms with E-state index in [0.717, 1.165) is 35.4 Å². The molecule has 3 atom stereocenters. The molecule has 3 aliphatic rings. The van der Waals surface area contributed by atoms with Crippen LogP contribution in [-0.2, 0) is 17.4 Å². The van der Waals surface area contributed by atoms with Gasteiger partial charge in [-0.2, -0.15) is 13.2 Å². The predicted molar refractivity (Wildman–Crippen MR) is 118 cm³/mol. The normalized spacial score (nSPS) is 21.7. The minimum absolute atomic E-state index is 0.0717. The zero-order chi connectivity index (χ0) is 24.3. The van der Waals surface area contributed by atoms with Crippen LogP contribution >= 0.6 is 0 Å². The van der Waals surface area contributed by atoms with Crippen LogP contribution in [-0.4, -0.2) is 28.9 Å². The number of nitrogens with zero attached hydrogens (tertiary/aromatic N) is 1. The number of carbonyl (C=O) groups excluding carboxylic acids is 2. The van der Waals surface area contributed by atoms with Crippen LogP contribution in [0.2, 0.25) is 0 Å². The molecule has 0 saturated heterocycles. The van der Waals surface area contributed by atoms with Crippen LogP contribution in [0.3, 0.4) is 0 Å². The van der Waals surface area contributed by atoms with Gasteiger partial charge >= 0.3 is 6.18 Å². The van der Waals surface area contributed by atoms with Crippen LogP contribution in [0.5, 0.6) is 17.2 Å². The number of fused-ring (bicyclic) bond motifs is 4. The highest BCUT2D eigenvalue weighted by molar-refractivity contribution is 5.95. The number of amides is 2. The van der Waals surface area contributed by atoms with E-state index in [2.05, 4.69) is 15.6 Å². The first-order valence-corrected chi connectivity index (χ1v) is 11.0. The van der Waals surface area contributed by atoms with E-state index in [1.807, 2.05) is 6.07 Å². The molecule has 2 amide bonds. The van der Waals surface area contributed by atoms with Crippen molar-refractivity contribution >= 4 is 17.6 Å². The molecule has 10 heteroatoms. The van der Waals surface area contributed by atoms with E-state index in [1.165, 1.54) is 0 Å². The number of anilines is 1. The number of alkyl halides is 3. The third-order valence-electron chi connectivity index (χ3n) is 6.43. The number of benzene rings is 2. The first kappa shape index (κ1) is 21.5. The van der Waals surface area contributed by atoms with E-state index in [0.29, 0.717) is 35.9 Å². The van der Waals surface area contributed by atoms with Crippen LogP contribution in [0.15, 0.2) is 54.7 Å². The molecule has 0 bridgehead atoms. The van der Waals surface area contributed by atoms with Crippen LogP contribution in [0.1, 0.15) is 39.4 Å². The SMILES string of the molecule is O=C1CCc2c(Oc3ccc4c(c3)C3C(NC(=O)c5ccc(C(F)(F)F)cc5)C3O4)ccnc2N1. The van der Waals surface area contributed by atoms with Gasteiger partial charge in [0, 0.05) is 29.3 Å². The van der Waals surface area contributed by atoms with E-state index < -0.39 is 17.6 Å². The van der Waals surface area contributed by atoms with Gasteiger partial charge in [-0.1, -0.05) is 0 Å². The second-order valence-corrected chi connectivity index (χ2v) is 8.67. The largest absolute Gasteiger partial charge is 0.487 e. The molecule has 1 aromatic heterocycles. The minimum atomic E-state index is -4.46. The molecule has 35 heavy (non-hydrogen) atoms. The Balaban J connectivity index is 1.16. The molecule has 0 spiro atoms. The summed E-state index contributed by atoms with van der Waals surface area (Å²) < 4.78 is 50.3. The topological polar surface area (TPSA) is 89.5 Å². The molecule has 3 unspecified atom stereocenters. The van der Waals surface area contributed by atoms with E-state index >= 15 is 0 Å². The lowest BCUT2D eigenvalue weighted by Gasteiger charge is -2.19. The fourth-order valence-electron chi connectivity index (χ4n) is 4.60. The number of aromatic nitrogens is 1. The zero-order valence-electron chi connectivity index (χ0n) is 18.1. The molecule has 6 rings (SSSR count). The number of pyridine rings is 1. The van der Waals surface area contributed by atoms with Gasteiger partial charge in [0.25, 0.3) is 5.91 Å². The van der Waals surface area contributed by atoms with Gasteiger partial charge in [0.2, 0.25) is 5.91 Å². The summed E-state index contributed by atoms with van der Waals surface area (Å²) in [5, 5.41) is 5.59. The Morgan fingerprint density at radius 1 is 1.11 bits per heavy atom. The molecular weight excluding hydrogens is 463 g/mol. The maximum absolute atomic E-state index is 12.8. The summed E-state index contributed by atoms with van der Waals surface area (Å²) in [7, 11) is 0. The van der Waals surface area contributed by atoms with Gasteiger partial charge in [-0.05, 0) is 55.0 Å². The Morgan fingerprint density at radius 3 is 2.69 bits per heavy atom. The summed E-state index contributed by atoms with van der Waals surface area (Å²) in [6.45, 7) is 0. The number of ether oxygens (including phenoxy) is 2. The number of hydrogen-bond donors (Lipinski definition) is 2. The number of hydrogen-bond acceptors (Lipinski definition) is 5. The average molecular weight is 481 g/mol. The van der Waals surface area contributed by atoms with Gasteiger partial charge in [0.15, 0.2) is 0 Å². The maximum atomic E-state index is 12.8. The number of rotatable bonds is 4. The Morgan fingerprint density at radius 2 is 1.91 bits per heavy atom. The van der Waals surface area contributed by atoms with E-state index in [9.17, 15) is 22.8 Å². The van der Waals surface area contributed by atoms with Crippen molar-refractivity contribution in [2.45, 2.75) is 37.1 Å². The van der Waals surface area contributed by atoms with Gasteiger partial charge in [0.05, 0.1) is 17.5 Å². The van der Waals surface area contributed by atoms with Gasteiger partial charge in [-0.15, -0.1) is 0 Å². The highest BCUT2D eigenvalue weighted by Gasteiger charge is 2.59. The molecule has 3 heterocycles. The first-order chi connectivity index (χ1) is 16.8. The second kappa shape index (κ2) is 7.72. The average Bonchev–Trinajstić information content (AvgIpc) is 3.35. The van der Waals surface area contributed by atoms with Crippen LogP contribution in [0, 0.1) is 0 Å². The van der Waals surface area contributed by atoms with Gasteiger partial charge in [-0.25, -0.2) is 4.98 Å². The standard InChI is InChI=1S/C25H18F3N3O4/c26-25(27,28)13-3-1-12(2-4-13)24(33)31-21-20-16-11-14(5-7-17(16)35-22(20)21)34-18-9-10-29-23-15(18)6-8-19(32)30-23/h1-5,7,9-11,20-22H,6,8H2,(H,31,33)(H,29,30,32). The van der Waals surface area contributed by atoms with Crippen molar-refractivity contribution in [1.29, 1.82) is 0 Å². The second-order valence-electron chi connectivity index (χ2n) is 8.67. The summed E-state index contributed by atoms with van der Waals surface area (Å²) in [5.41, 5.74) is 1.06. The molecule has 2 N–H and O–H groups in total. The number of nitrogens with one attached hydrogen (secondary N) is 2. The van der Waals surface area contributed by atoms with Crippen LogP contribution < -0.4 is 20.1 Å². The van der Waals surface area contributed by atoms with Gasteiger partial charge in [0.1, 0.15) is 29.2 Å². The molecule has 2 aromatic carbocycles. The summed E-state index contributed by atoms with van der Waals surface area (Å²) >= 11 is 0.